The van der Waals surface area contributed by atoms with Gasteiger partial charge in [-0.1, -0.05) is 6.08 Å². The van der Waals surface area contributed by atoms with E-state index in [4.69, 9.17) is 14.9 Å². The monoisotopic (exact) mass is 329 g/mol. The molecule has 0 saturated carbocycles. The molecule has 0 rings (SSSR count). The predicted molar refractivity (Wildman–Crippen MR) is 64.6 cm³/mol. The first-order valence-electron chi connectivity index (χ1n) is 5.50. The first-order valence-corrected chi connectivity index (χ1v) is 5.50. The quantitative estimate of drug-likeness (QED) is 0.294. The number of carbonyl (C=O) groups is 2. The molecule has 99 valence electrons. The molecule has 0 bridgehead atoms. The molecule has 0 aromatic rings. The number of ether oxygens (including phenoxy) is 2. The molecule has 0 aromatic heterocycles. The van der Waals surface area contributed by atoms with E-state index in [1.165, 1.54) is 6.08 Å². The van der Waals surface area contributed by atoms with E-state index in [9.17, 15) is 9.59 Å². The van der Waals surface area contributed by atoms with Crippen LogP contribution in [0.1, 0.15) is 26.7 Å². The first kappa shape index (κ1) is 19.8. The summed E-state index contributed by atoms with van der Waals surface area (Å²) in [5.74, 6) is -1.41. The van der Waals surface area contributed by atoms with E-state index < -0.39 is 17.4 Å². The van der Waals surface area contributed by atoms with Gasteiger partial charge in [0.1, 0.15) is 0 Å². The summed E-state index contributed by atoms with van der Waals surface area (Å²) in [5, 5.41) is 8.89. The molecule has 0 amide bonds. The van der Waals surface area contributed by atoms with Gasteiger partial charge in [-0.05, 0) is 26.7 Å². The van der Waals surface area contributed by atoms with E-state index in [0.717, 1.165) is 6.21 Å². The number of nitrogens with zero attached hydrogens (tertiary/aromatic N) is 1. The predicted octanol–water partition coefficient (Wildman–Crippen LogP) is 1.70. The Bertz CT molecular complexity index is 274. The van der Waals surface area contributed by atoms with E-state index in [2.05, 4.69) is 6.58 Å². The summed E-state index contributed by atoms with van der Waals surface area (Å²) in [6, 6.07) is 0. The zero-order valence-corrected chi connectivity index (χ0v) is 13.7. The minimum absolute atomic E-state index is 0. The third-order valence-corrected chi connectivity index (χ3v) is 2.26. The van der Waals surface area contributed by atoms with Crippen molar-refractivity contribution in [3.05, 3.63) is 18.1 Å². The molecule has 0 aliphatic heterocycles. The van der Waals surface area contributed by atoms with Crippen LogP contribution in [0.5, 0.6) is 0 Å². The summed E-state index contributed by atoms with van der Waals surface area (Å²) in [4.78, 5) is 23.7. The maximum atomic E-state index is 11.9. The second kappa shape index (κ2) is 10.4. The molecule has 0 atom stereocenters. The van der Waals surface area contributed by atoms with E-state index in [1.807, 2.05) is 0 Å². The van der Waals surface area contributed by atoms with Crippen molar-refractivity contribution in [3.63, 3.8) is 0 Å². The molecule has 0 aromatic carbocycles. The van der Waals surface area contributed by atoms with Crippen molar-refractivity contribution in [1.82, 2.24) is 0 Å². The average molecular weight is 329 g/mol. The Balaban J connectivity index is 0. The molecule has 5 nitrogen and oxygen atoms in total. The van der Waals surface area contributed by atoms with Gasteiger partial charge >= 0.3 is 11.9 Å². The smallest absolute Gasteiger partial charge is 0.324 e. The van der Waals surface area contributed by atoms with Gasteiger partial charge in [-0.25, -0.2) is 6.21 Å². The molecule has 0 heterocycles. The topological polar surface area (TPSA) is 74.9 Å². The van der Waals surface area contributed by atoms with Crippen LogP contribution in [-0.4, -0.2) is 31.4 Å². The molecule has 18 heavy (non-hydrogen) atoms. The zero-order chi connectivity index (χ0) is 13.3. The van der Waals surface area contributed by atoms with Gasteiger partial charge in [-0.15, -0.1) is 6.58 Å². The van der Waals surface area contributed by atoms with Crippen LogP contribution in [-0.2, 0) is 51.8 Å². The summed E-state index contributed by atoms with van der Waals surface area (Å²) in [6.45, 7) is 7.10. The fourth-order valence-corrected chi connectivity index (χ4v) is 1.44. The standard InChI is InChI=1S/C12H18NO4.Y/c1-4-7-12(8-9-13,10(14)16-5-2)11(15)17-6-3;/h4,9H,1,5-8H2,2-3H3;/q-1;. The molecule has 0 saturated heterocycles. The summed E-state index contributed by atoms with van der Waals surface area (Å²) < 4.78 is 9.72. The Labute approximate surface area is 133 Å². The molecule has 0 N–H and O–H groups in total. The van der Waals surface area contributed by atoms with Crippen LogP contribution in [0, 0.1) is 5.41 Å². The first-order chi connectivity index (χ1) is 8.08. The zero-order valence-electron chi connectivity index (χ0n) is 10.8. The normalized spacial score (nSPS) is 9.89. The van der Waals surface area contributed by atoms with E-state index in [0.29, 0.717) is 0 Å². The molecule has 6 heteroatoms. The van der Waals surface area contributed by atoms with Crippen LogP contribution in [0.4, 0.5) is 0 Å². The number of esters is 2. The number of carbonyl (C=O) groups excluding carboxylic acids is 2. The van der Waals surface area contributed by atoms with Crippen molar-refractivity contribution in [2.75, 3.05) is 13.2 Å². The third kappa shape index (κ3) is 4.98. The Kier molecular flexibility index (Phi) is 11.4. The summed E-state index contributed by atoms with van der Waals surface area (Å²) in [5.41, 5.74) is -1.53. The maximum Gasteiger partial charge on any atom is 0.324 e. The van der Waals surface area contributed by atoms with Gasteiger partial charge in [0.15, 0.2) is 5.41 Å². The van der Waals surface area contributed by atoms with Crippen molar-refractivity contribution in [3.8, 4) is 0 Å². The van der Waals surface area contributed by atoms with Gasteiger partial charge in [0.25, 0.3) is 0 Å². The molecule has 0 spiro atoms. The average Bonchev–Trinajstić information content (AvgIpc) is 2.29. The maximum absolute atomic E-state index is 11.9. The van der Waals surface area contributed by atoms with E-state index >= 15 is 0 Å². The second-order valence-electron chi connectivity index (χ2n) is 3.40. The van der Waals surface area contributed by atoms with Crippen LogP contribution in [0.3, 0.4) is 0 Å². The van der Waals surface area contributed by atoms with E-state index in [-0.39, 0.29) is 58.8 Å². The summed E-state index contributed by atoms with van der Waals surface area (Å²) >= 11 is 0. The number of hydrogen-bond acceptors (Lipinski definition) is 4. The third-order valence-electron chi connectivity index (χ3n) is 2.26. The van der Waals surface area contributed by atoms with E-state index in [1.54, 1.807) is 13.8 Å². The number of allylic oxidation sites excluding steroid dienone is 1. The van der Waals surface area contributed by atoms with Gasteiger partial charge < -0.3 is 14.9 Å². The van der Waals surface area contributed by atoms with Crippen molar-refractivity contribution in [2.24, 2.45) is 5.41 Å². The van der Waals surface area contributed by atoms with Crippen molar-refractivity contribution >= 4 is 18.2 Å². The van der Waals surface area contributed by atoms with Crippen molar-refractivity contribution in [1.29, 1.82) is 0 Å². The number of rotatable bonds is 8. The minimum Gasteiger partial charge on any atom is -0.814 e. The fourth-order valence-electron chi connectivity index (χ4n) is 1.44. The van der Waals surface area contributed by atoms with Gasteiger partial charge in [-0.3, -0.25) is 9.59 Å². The molecular formula is C12H18NO4Y-. The van der Waals surface area contributed by atoms with Crippen molar-refractivity contribution < 1.29 is 51.8 Å². The number of hydrogen-bond donors (Lipinski definition) is 0. The molecule has 0 unspecified atom stereocenters. The van der Waals surface area contributed by atoms with Crippen LogP contribution in [0.2, 0.25) is 0 Å². The second-order valence-corrected chi connectivity index (χ2v) is 3.40. The van der Waals surface area contributed by atoms with Gasteiger partial charge in [0, 0.05) is 32.7 Å². The molecule has 1 radical (unpaired) electrons. The van der Waals surface area contributed by atoms with Crippen LogP contribution < -0.4 is 0 Å². The molecule has 0 fully saturated rings. The summed E-state index contributed by atoms with van der Waals surface area (Å²) in [6.07, 6.45) is 2.09. The van der Waals surface area contributed by atoms with Crippen LogP contribution in [0.25, 0.3) is 5.41 Å². The fraction of sp³-hybridized carbons (Fsp3) is 0.583. The van der Waals surface area contributed by atoms with Gasteiger partial charge in [0.05, 0.1) is 13.2 Å². The Morgan fingerprint density at radius 1 is 1.17 bits per heavy atom. The largest absolute Gasteiger partial charge is 0.814 e. The Morgan fingerprint density at radius 2 is 1.61 bits per heavy atom. The molecular weight excluding hydrogens is 311 g/mol. The Morgan fingerprint density at radius 3 is 1.89 bits per heavy atom. The van der Waals surface area contributed by atoms with Crippen molar-refractivity contribution in [2.45, 2.75) is 26.7 Å². The minimum atomic E-state index is -1.53. The van der Waals surface area contributed by atoms with Crippen LogP contribution >= 0.6 is 0 Å². The SMILES string of the molecule is C=CCC(CC=[N-])(C(=O)OCC)C(=O)OCC.[Y]. The Hall–Kier alpha value is -0.546. The summed E-state index contributed by atoms with van der Waals surface area (Å²) in [7, 11) is 0. The molecule has 0 aliphatic rings. The van der Waals surface area contributed by atoms with Crippen LogP contribution in [0.15, 0.2) is 12.7 Å². The van der Waals surface area contributed by atoms with Gasteiger partial charge in [0.2, 0.25) is 0 Å². The van der Waals surface area contributed by atoms with Gasteiger partial charge in [-0.2, -0.15) is 0 Å². The molecule has 0 aliphatic carbocycles.